The molecule has 1 aromatic heterocycles. The van der Waals surface area contributed by atoms with Crippen molar-refractivity contribution in [3.8, 4) is 0 Å². The number of unbranched alkanes of at least 4 members (excludes halogenated alkanes) is 2. The Labute approximate surface area is 186 Å². The quantitative estimate of drug-likeness (QED) is 0.403. The van der Waals surface area contributed by atoms with Gasteiger partial charge in [0, 0.05) is 30.4 Å². The Hall–Kier alpha value is -3.15. The first-order valence-corrected chi connectivity index (χ1v) is 10.8. The van der Waals surface area contributed by atoms with Gasteiger partial charge in [0.25, 0.3) is 5.91 Å². The first kappa shape index (κ1) is 23.5. The zero-order chi connectivity index (χ0) is 23.0. The van der Waals surface area contributed by atoms with E-state index in [0.29, 0.717) is 30.5 Å². The fraction of sp³-hybridized carbons (Fsp3) is 0.308. The summed E-state index contributed by atoms with van der Waals surface area (Å²) in [5, 5.41) is 2.94. The third-order valence-electron chi connectivity index (χ3n) is 5.18. The summed E-state index contributed by atoms with van der Waals surface area (Å²) in [5.74, 6) is -0.0887. The van der Waals surface area contributed by atoms with Crippen LogP contribution in [-0.4, -0.2) is 17.4 Å². The van der Waals surface area contributed by atoms with E-state index in [1.807, 2.05) is 30.3 Å². The number of hydrogen-bond acceptors (Lipinski definition) is 2. The molecule has 0 bridgehead atoms. The highest BCUT2D eigenvalue weighted by atomic mass is 19.4. The van der Waals surface area contributed by atoms with Crippen molar-refractivity contribution in [3.05, 3.63) is 100 Å². The maximum absolute atomic E-state index is 13.0. The van der Waals surface area contributed by atoms with Crippen molar-refractivity contribution < 1.29 is 18.0 Å². The number of amides is 1. The number of benzene rings is 2. The van der Waals surface area contributed by atoms with Gasteiger partial charge in [-0.05, 0) is 59.9 Å². The molecule has 1 heterocycles. The number of nitrogens with zero attached hydrogens (tertiary/aromatic N) is 1. The molecule has 3 aromatic rings. The second kappa shape index (κ2) is 10.9. The smallest absolute Gasteiger partial charge is 0.352 e. The number of halogens is 3. The summed E-state index contributed by atoms with van der Waals surface area (Å²) in [4.78, 5) is 16.8. The van der Waals surface area contributed by atoms with Gasteiger partial charge in [-0.25, -0.2) is 0 Å². The number of nitrogens with one attached hydrogen (secondary N) is 1. The fourth-order valence-corrected chi connectivity index (χ4v) is 3.54. The van der Waals surface area contributed by atoms with Crippen LogP contribution in [0.3, 0.4) is 0 Å². The minimum absolute atomic E-state index is 0.0887. The topological polar surface area (TPSA) is 42.0 Å². The third kappa shape index (κ3) is 6.94. The normalized spacial score (nSPS) is 11.4. The lowest BCUT2D eigenvalue weighted by Crippen LogP contribution is -2.24. The Morgan fingerprint density at radius 2 is 1.62 bits per heavy atom. The zero-order valence-corrected chi connectivity index (χ0v) is 18.1. The lowest BCUT2D eigenvalue weighted by Gasteiger charge is -2.10. The van der Waals surface area contributed by atoms with Gasteiger partial charge in [-0.15, -0.1) is 0 Å². The zero-order valence-electron chi connectivity index (χ0n) is 18.1. The summed E-state index contributed by atoms with van der Waals surface area (Å²) in [6.07, 6.45) is 1.39. The van der Waals surface area contributed by atoms with E-state index < -0.39 is 11.7 Å². The first-order chi connectivity index (χ1) is 15.3. The standard InChI is InChI=1S/C26H27F3N2O/c1-2-3-4-12-31-25(32)22-9-5-7-20(15-22)17-24-18-21(11-13-30-24)14-19-8-6-10-23(16-19)26(27,28)29/h5-11,13,15-16,18H,2-4,12,14,17H2,1H3,(H,31,32). The van der Waals surface area contributed by atoms with Gasteiger partial charge in [-0.1, -0.05) is 50.1 Å². The van der Waals surface area contributed by atoms with Crippen molar-refractivity contribution in [2.45, 2.75) is 45.2 Å². The molecule has 0 aliphatic carbocycles. The van der Waals surface area contributed by atoms with E-state index in [4.69, 9.17) is 0 Å². The molecule has 0 aliphatic rings. The van der Waals surface area contributed by atoms with Gasteiger partial charge in [0.05, 0.1) is 5.56 Å². The van der Waals surface area contributed by atoms with Gasteiger partial charge in [-0.3, -0.25) is 9.78 Å². The second-order valence-electron chi connectivity index (χ2n) is 7.87. The number of rotatable bonds is 9. The van der Waals surface area contributed by atoms with E-state index in [2.05, 4.69) is 17.2 Å². The maximum Gasteiger partial charge on any atom is 0.416 e. The van der Waals surface area contributed by atoms with Crippen LogP contribution in [0.15, 0.2) is 66.9 Å². The lowest BCUT2D eigenvalue weighted by atomic mass is 10.0. The van der Waals surface area contributed by atoms with Crippen molar-refractivity contribution in [3.63, 3.8) is 0 Å². The van der Waals surface area contributed by atoms with Crippen LogP contribution in [0.5, 0.6) is 0 Å². The van der Waals surface area contributed by atoms with Gasteiger partial charge in [0.1, 0.15) is 0 Å². The molecule has 6 heteroatoms. The Balaban J connectivity index is 1.67. The molecule has 1 N–H and O–H groups in total. The van der Waals surface area contributed by atoms with Gasteiger partial charge >= 0.3 is 6.18 Å². The largest absolute Gasteiger partial charge is 0.416 e. The lowest BCUT2D eigenvalue weighted by molar-refractivity contribution is -0.137. The SMILES string of the molecule is CCCCCNC(=O)c1cccc(Cc2cc(Cc3cccc(C(F)(F)F)c3)ccn2)c1. The van der Waals surface area contributed by atoms with Crippen LogP contribution in [0, 0.1) is 0 Å². The highest BCUT2D eigenvalue weighted by Crippen LogP contribution is 2.30. The number of carbonyl (C=O) groups excluding carboxylic acids is 1. The molecule has 0 saturated carbocycles. The van der Waals surface area contributed by atoms with Gasteiger partial charge < -0.3 is 5.32 Å². The predicted molar refractivity (Wildman–Crippen MR) is 120 cm³/mol. The third-order valence-corrected chi connectivity index (χ3v) is 5.18. The molecule has 0 atom stereocenters. The highest BCUT2D eigenvalue weighted by molar-refractivity contribution is 5.94. The summed E-state index contributed by atoms with van der Waals surface area (Å²) in [6.45, 7) is 2.78. The van der Waals surface area contributed by atoms with Crippen LogP contribution < -0.4 is 5.32 Å². The first-order valence-electron chi connectivity index (χ1n) is 10.8. The number of alkyl halides is 3. The average molecular weight is 441 g/mol. The van der Waals surface area contributed by atoms with Crippen LogP contribution in [0.2, 0.25) is 0 Å². The molecular formula is C26H27F3N2O. The van der Waals surface area contributed by atoms with Gasteiger partial charge in [0.15, 0.2) is 0 Å². The van der Waals surface area contributed by atoms with Crippen LogP contribution in [0.25, 0.3) is 0 Å². The number of pyridine rings is 1. The van der Waals surface area contributed by atoms with Crippen molar-refractivity contribution in [1.82, 2.24) is 10.3 Å². The van der Waals surface area contributed by atoms with E-state index >= 15 is 0 Å². The maximum atomic E-state index is 13.0. The molecule has 32 heavy (non-hydrogen) atoms. The van der Waals surface area contributed by atoms with Crippen LogP contribution in [0.4, 0.5) is 13.2 Å². The summed E-state index contributed by atoms with van der Waals surface area (Å²) in [5.41, 5.74) is 3.20. The van der Waals surface area contributed by atoms with Crippen molar-refractivity contribution >= 4 is 5.91 Å². The molecule has 1 amide bonds. The highest BCUT2D eigenvalue weighted by Gasteiger charge is 2.30. The molecule has 0 fully saturated rings. The molecule has 0 unspecified atom stereocenters. The van der Waals surface area contributed by atoms with E-state index in [1.165, 1.54) is 12.1 Å². The van der Waals surface area contributed by atoms with Crippen molar-refractivity contribution in [2.24, 2.45) is 0 Å². The second-order valence-corrected chi connectivity index (χ2v) is 7.87. The van der Waals surface area contributed by atoms with Crippen LogP contribution >= 0.6 is 0 Å². The van der Waals surface area contributed by atoms with Crippen LogP contribution in [-0.2, 0) is 19.0 Å². The Morgan fingerprint density at radius 1 is 0.906 bits per heavy atom. The number of aromatic nitrogens is 1. The molecule has 3 rings (SSSR count). The van der Waals surface area contributed by atoms with Crippen LogP contribution in [0.1, 0.15) is 64.5 Å². The van der Waals surface area contributed by atoms with Gasteiger partial charge in [0.2, 0.25) is 0 Å². The molecule has 0 radical (unpaired) electrons. The minimum atomic E-state index is -4.35. The summed E-state index contributed by atoms with van der Waals surface area (Å²) < 4.78 is 38.9. The molecule has 3 nitrogen and oxygen atoms in total. The average Bonchev–Trinajstić information content (AvgIpc) is 2.77. The molecule has 168 valence electrons. The summed E-state index contributed by atoms with van der Waals surface area (Å²) >= 11 is 0. The van der Waals surface area contributed by atoms with E-state index in [9.17, 15) is 18.0 Å². The van der Waals surface area contributed by atoms with E-state index in [0.717, 1.165) is 42.1 Å². The molecular weight excluding hydrogens is 413 g/mol. The molecule has 0 spiro atoms. The minimum Gasteiger partial charge on any atom is -0.352 e. The summed E-state index contributed by atoms with van der Waals surface area (Å²) in [7, 11) is 0. The van der Waals surface area contributed by atoms with E-state index in [-0.39, 0.29) is 5.91 Å². The number of carbonyl (C=O) groups is 1. The van der Waals surface area contributed by atoms with Crippen molar-refractivity contribution in [1.29, 1.82) is 0 Å². The Kier molecular flexibility index (Phi) is 8.03. The number of hydrogen-bond donors (Lipinski definition) is 1. The predicted octanol–water partition coefficient (Wildman–Crippen LogP) is 6.20. The molecule has 0 aliphatic heterocycles. The monoisotopic (exact) mass is 440 g/mol. The van der Waals surface area contributed by atoms with Gasteiger partial charge in [-0.2, -0.15) is 13.2 Å². The fourth-order valence-electron chi connectivity index (χ4n) is 3.54. The van der Waals surface area contributed by atoms with Crippen molar-refractivity contribution in [2.75, 3.05) is 6.54 Å². The van der Waals surface area contributed by atoms with E-state index in [1.54, 1.807) is 18.3 Å². The Morgan fingerprint density at radius 3 is 2.38 bits per heavy atom. The molecule has 2 aromatic carbocycles. The molecule has 0 saturated heterocycles. The summed E-state index contributed by atoms with van der Waals surface area (Å²) in [6, 6.07) is 16.5. The Bertz CT molecular complexity index is 1050.